The number of rotatable bonds is 8. The average molecular weight is 460 g/mol. The Kier molecular flexibility index (Phi) is 6.85. The van der Waals surface area contributed by atoms with Crippen LogP contribution in [-0.2, 0) is 19.6 Å². The predicted molar refractivity (Wildman–Crippen MR) is 120 cm³/mol. The van der Waals surface area contributed by atoms with Crippen molar-refractivity contribution >= 4 is 38.5 Å². The number of carbonyl (C=O) groups excluding carboxylic acids is 2. The van der Waals surface area contributed by atoms with E-state index in [0.717, 1.165) is 5.39 Å². The van der Waals surface area contributed by atoms with Gasteiger partial charge in [0.25, 0.3) is 0 Å². The van der Waals surface area contributed by atoms with Crippen molar-refractivity contribution in [3.63, 3.8) is 0 Å². The molecule has 0 saturated heterocycles. The molecule has 0 aliphatic heterocycles. The standard InChI is InChI=1S/C22H25N3O6S/c1-13(20-12-16-6-5-7-19(30-4)21(16)31-20)23-22(27)14(2)25-32(28,29)18-10-8-17(9-11-18)24-15(3)26/h5-14,25H,1-4H3,(H,23,27)(H,24,26)/t13?,14-/m0/s1. The molecule has 0 bridgehead atoms. The quantitative estimate of drug-likeness (QED) is 0.475. The van der Waals surface area contributed by atoms with Gasteiger partial charge in [0.05, 0.1) is 24.1 Å². The van der Waals surface area contributed by atoms with E-state index in [2.05, 4.69) is 15.4 Å². The first kappa shape index (κ1) is 23.3. The third-order valence-electron chi connectivity index (χ3n) is 4.74. The van der Waals surface area contributed by atoms with Gasteiger partial charge in [0, 0.05) is 18.0 Å². The van der Waals surface area contributed by atoms with E-state index in [9.17, 15) is 18.0 Å². The molecular formula is C22H25N3O6S. The summed E-state index contributed by atoms with van der Waals surface area (Å²) in [5, 5.41) is 6.14. The summed E-state index contributed by atoms with van der Waals surface area (Å²) in [5.41, 5.74) is 1.04. The molecule has 0 spiro atoms. The van der Waals surface area contributed by atoms with Gasteiger partial charge in [-0.25, -0.2) is 8.42 Å². The van der Waals surface area contributed by atoms with Crippen LogP contribution in [0.15, 0.2) is 57.8 Å². The van der Waals surface area contributed by atoms with Gasteiger partial charge < -0.3 is 19.8 Å². The molecule has 0 fully saturated rings. The van der Waals surface area contributed by atoms with Crippen molar-refractivity contribution in [1.82, 2.24) is 10.0 Å². The van der Waals surface area contributed by atoms with E-state index < -0.39 is 28.0 Å². The molecule has 0 saturated carbocycles. The van der Waals surface area contributed by atoms with Gasteiger partial charge in [0.2, 0.25) is 21.8 Å². The first-order chi connectivity index (χ1) is 15.1. The van der Waals surface area contributed by atoms with Gasteiger partial charge in [-0.1, -0.05) is 12.1 Å². The Bertz CT molecular complexity index is 1230. The minimum Gasteiger partial charge on any atom is -0.493 e. The van der Waals surface area contributed by atoms with Crippen LogP contribution in [0, 0.1) is 0 Å². The smallest absolute Gasteiger partial charge is 0.241 e. The van der Waals surface area contributed by atoms with Crippen LogP contribution in [-0.4, -0.2) is 33.4 Å². The van der Waals surface area contributed by atoms with Crippen LogP contribution < -0.4 is 20.1 Å². The predicted octanol–water partition coefficient (Wildman–Crippen LogP) is 2.94. The van der Waals surface area contributed by atoms with Gasteiger partial charge in [-0.15, -0.1) is 0 Å². The van der Waals surface area contributed by atoms with E-state index in [-0.39, 0.29) is 10.8 Å². The van der Waals surface area contributed by atoms with Crippen LogP contribution in [0.1, 0.15) is 32.6 Å². The maximum atomic E-state index is 12.6. The number of amides is 2. The molecule has 170 valence electrons. The number of anilines is 1. The van der Waals surface area contributed by atoms with Crippen LogP contribution in [0.2, 0.25) is 0 Å². The molecule has 3 N–H and O–H groups in total. The molecule has 2 atom stereocenters. The Balaban J connectivity index is 1.66. The van der Waals surface area contributed by atoms with Gasteiger partial charge in [0.15, 0.2) is 11.3 Å². The molecule has 3 rings (SSSR count). The van der Waals surface area contributed by atoms with E-state index in [4.69, 9.17) is 9.15 Å². The summed E-state index contributed by atoms with van der Waals surface area (Å²) >= 11 is 0. The largest absolute Gasteiger partial charge is 0.493 e. The topological polar surface area (TPSA) is 127 Å². The van der Waals surface area contributed by atoms with Crippen LogP contribution in [0.4, 0.5) is 5.69 Å². The Labute approximate surface area is 186 Å². The normalized spacial score (nSPS) is 13.4. The molecular weight excluding hydrogens is 434 g/mol. The van der Waals surface area contributed by atoms with Crippen LogP contribution >= 0.6 is 0 Å². The number of hydrogen-bond acceptors (Lipinski definition) is 6. The Morgan fingerprint density at radius 1 is 1.06 bits per heavy atom. The summed E-state index contributed by atoms with van der Waals surface area (Å²) in [7, 11) is -2.40. The van der Waals surface area contributed by atoms with Crippen molar-refractivity contribution in [1.29, 1.82) is 0 Å². The molecule has 2 aromatic carbocycles. The first-order valence-corrected chi connectivity index (χ1v) is 11.4. The van der Waals surface area contributed by atoms with Crippen molar-refractivity contribution in [3.05, 3.63) is 54.3 Å². The summed E-state index contributed by atoms with van der Waals surface area (Å²) in [6.45, 7) is 4.55. The number of benzene rings is 2. The number of para-hydroxylation sites is 1. The highest BCUT2D eigenvalue weighted by atomic mass is 32.2. The lowest BCUT2D eigenvalue weighted by Gasteiger charge is -2.17. The third-order valence-corrected chi connectivity index (χ3v) is 6.30. The molecule has 0 radical (unpaired) electrons. The average Bonchev–Trinajstić information content (AvgIpc) is 3.18. The zero-order valence-corrected chi connectivity index (χ0v) is 18.9. The number of nitrogens with one attached hydrogen (secondary N) is 3. The molecule has 2 amide bonds. The van der Waals surface area contributed by atoms with Crippen LogP contribution in [0.3, 0.4) is 0 Å². The molecule has 10 heteroatoms. The first-order valence-electron chi connectivity index (χ1n) is 9.87. The highest BCUT2D eigenvalue weighted by Crippen LogP contribution is 2.30. The molecule has 32 heavy (non-hydrogen) atoms. The Hall–Kier alpha value is -3.37. The van der Waals surface area contributed by atoms with E-state index in [0.29, 0.717) is 22.8 Å². The van der Waals surface area contributed by atoms with E-state index >= 15 is 0 Å². The fourth-order valence-corrected chi connectivity index (χ4v) is 4.32. The van der Waals surface area contributed by atoms with Crippen molar-refractivity contribution in [2.75, 3.05) is 12.4 Å². The van der Waals surface area contributed by atoms with Crippen molar-refractivity contribution in [2.24, 2.45) is 0 Å². The summed E-state index contributed by atoms with van der Waals surface area (Å²) < 4.78 is 38.7. The maximum Gasteiger partial charge on any atom is 0.241 e. The van der Waals surface area contributed by atoms with Gasteiger partial charge in [-0.2, -0.15) is 4.72 Å². The lowest BCUT2D eigenvalue weighted by molar-refractivity contribution is -0.123. The van der Waals surface area contributed by atoms with Gasteiger partial charge >= 0.3 is 0 Å². The third kappa shape index (κ3) is 5.27. The SMILES string of the molecule is COc1cccc2cc(C(C)NC(=O)[C@H](C)NS(=O)(=O)c3ccc(NC(C)=O)cc3)oc12. The number of hydrogen-bond donors (Lipinski definition) is 3. The molecule has 3 aromatic rings. The number of furan rings is 1. The summed E-state index contributed by atoms with van der Waals surface area (Å²) in [4.78, 5) is 23.7. The van der Waals surface area contributed by atoms with Gasteiger partial charge in [-0.05, 0) is 50.2 Å². The minimum absolute atomic E-state index is 0.0244. The second kappa shape index (κ2) is 9.41. The second-order valence-corrected chi connectivity index (χ2v) is 9.02. The highest BCUT2D eigenvalue weighted by Gasteiger charge is 2.24. The summed E-state index contributed by atoms with van der Waals surface area (Å²) in [6, 6.07) is 11.4. The summed E-state index contributed by atoms with van der Waals surface area (Å²) in [6.07, 6.45) is 0. The number of fused-ring (bicyclic) bond motifs is 1. The highest BCUT2D eigenvalue weighted by molar-refractivity contribution is 7.89. The zero-order chi connectivity index (χ0) is 23.5. The van der Waals surface area contributed by atoms with Crippen molar-refractivity contribution in [3.8, 4) is 5.75 Å². The molecule has 1 heterocycles. The van der Waals surface area contributed by atoms with E-state index in [1.54, 1.807) is 26.2 Å². The lowest BCUT2D eigenvalue weighted by atomic mass is 10.2. The lowest BCUT2D eigenvalue weighted by Crippen LogP contribution is -2.45. The molecule has 9 nitrogen and oxygen atoms in total. The number of ether oxygens (including phenoxy) is 1. The fourth-order valence-electron chi connectivity index (χ4n) is 3.11. The van der Waals surface area contributed by atoms with E-state index in [1.807, 2.05) is 12.1 Å². The van der Waals surface area contributed by atoms with Gasteiger partial charge in [0.1, 0.15) is 5.76 Å². The molecule has 1 unspecified atom stereocenters. The number of methoxy groups -OCH3 is 1. The van der Waals surface area contributed by atoms with Crippen molar-refractivity contribution in [2.45, 2.75) is 37.8 Å². The second-order valence-electron chi connectivity index (χ2n) is 7.31. The minimum atomic E-state index is -3.94. The van der Waals surface area contributed by atoms with Crippen LogP contribution in [0.25, 0.3) is 11.0 Å². The van der Waals surface area contributed by atoms with Gasteiger partial charge in [-0.3, -0.25) is 9.59 Å². The molecule has 0 aliphatic carbocycles. The van der Waals surface area contributed by atoms with Crippen LogP contribution in [0.5, 0.6) is 5.75 Å². The maximum absolute atomic E-state index is 12.6. The molecule has 1 aromatic heterocycles. The fraction of sp³-hybridized carbons (Fsp3) is 0.273. The van der Waals surface area contributed by atoms with E-state index in [1.165, 1.54) is 38.1 Å². The number of carbonyl (C=O) groups is 2. The molecule has 0 aliphatic rings. The monoisotopic (exact) mass is 459 g/mol. The Morgan fingerprint density at radius 2 is 1.75 bits per heavy atom. The Morgan fingerprint density at radius 3 is 2.38 bits per heavy atom. The zero-order valence-electron chi connectivity index (χ0n) is 18.1. The number of sulfonamides is 1. The summed E-state index contributed by atoms with van der Waals surface area (Å²) in [5.74, 6) is 0.323. The van der Waals surface area contributed by atoms with Crippen molar-refractivity contribution < 1.29 is 27.2 Å².